The number of halogens is 3. The minimum absolute atomic E-state index is 0. The van der Waals surface area contributed by atoms with E-state index >= 15 is 0 Å². The number of amidine groups is 1. The Kier molecular flexibility index (Phi) is 31.5. The van der Waals surface area contributed by atoms with E-state index in [-0.39, 0.29) is 93.3 Å². The Morgan fingerprint density at radius 2 is 0.968 bits per heavy atom. The van der Waals surface area contributed by atoms with Gasteiger partial charge in [-0.15, -0.1) is 34.0 Å². The summed E-state index contributed by atoms with van der Waals surface area (Å²) in [7, 11) is 6.38. The Morgan fingerprint density at radius 3 is 1.38 bits per heavy atom. The fourth-order valence-electron chi connectivity index (χ4n) is 10.1. The van der Waals surface area contributed by atoms with Crippen molar-refractivity contribution in [2.75, 3.05) is 134 Å². The Bertz CT molecular complexity index is 3890. The third-order valence-corrected chi connectivity index (χ3v) is 17.5. The molecule has 6 aliphatic rings. The van der Waals surface area contributed by atoms with E-state index in [1.807, 2.05) is 55.5 Å². The standard InChI is InChI=1S/C21H24N4O4S.C19H21ClN4O2S.C17H20N4S.C3H6O.C2H2Cl2O2.CH2O3.Cs/c1-14-12-16-19(30-14)22-17-6-4-5-7-18(17)25(21(27)29-13-28-15(2)26)20(16)24-10-8-23(3)9-11-24;1-13-11-14-17(27-13)21-15-5-3-4-6-16(15)24(19(25)26-12-20)18(14)23-9-7-22(2)8-10-23;1-12-11-13-16(21-9-7-20(2)8-10-21)18-14-5-3-4-6-15(14)19-17(13)22-12;1-3(2)4;3-1-6-2(4)5;2-1-4-3;/h4-7,12H,8-11,13H2,1-3H3;3-6,11H,7-10,12H2,1-2H3;3-6,11,19H,7-10H2,1-2H3;1-2H3;1H2;1,3H;/q;;;;;;+1/p-1. The number of benzene rings is 3. The molecule has 498 valence electrons. The number of carbonyl (C=O) groups excluding carboxylic acids is 6. The molecule has 2 amide bonds. The van der Waals surface area contributed by atoms with Gasteiger partial charge in [-0.2, -0.15) is 0 Å². The number of likely N-dealkylation sites (N-methyl/N-ethyl adjacent to an activating group) is 3. The second kappa shape index (κ2) is 38.3. The third-order valence-electron chi connectivity index (χ3n) is 14.3. The third kappa shape index (κ3) is 21.7. The molecule has 6 aliphatic heterocycles. The predicted molar refractivity (Wildman–Crippen MR) is 363 cm³/mol. The van der Waals surface area contributed by atoms with Crippen LogP contribution in [-0.4, -0.2) is 190 Å². The van der Waals surface area contributed by atoms with Crippen molar-refractivity contribution in [3.63, 3.8) is 0 Å². The van der Waals surface area contributed by atoms with Crippen LogP contribution in [0.25, 0.3) is 11.6 Å². The summed E-state index contributed by atoms with van der Waals surface area (Å²) in [4.78, 5) is 103. The SMILES string of the molecule is CC(=O)OCOC(=O)N1C(N2CCN(C)CC2)=c2cc(C)sc2=Nc2ccccc21.CC(C)=O.Cc1cc2c(s1)=Nc1ccccc1N(C(=O)OCCl)C=2N1CCN(C)CC1.Cc1cc2c(s1)Nc1ccccc1N=C2N1CCN(C)CC1.O=C(Cl)OCCl.O=CO[O-].[Cs+]. The quantitative estimate of drug-likeness (QED) is 0.0311. The van der Waals surface area contributed by atoms with E-state index < -0.39 is 30.4 Å². The number of nitrogens with zero attached hydrogens (tertiary/aromatic N) is 11. The van der Waals surface area contributed by atoms with Gasteiger partial charge < -0.3 is 68.6 Å². The van der Waals surface area contributed by atoms with Crippen LogP contribution < -0.4 is 109 Å². The average Bonchev–Trinajstić information content (AvgIpc) is 1.61. The Hall–Kier alpha value is -5.65. The Labute approximate surface area is 631 Å². The van der Waals surface area contributed by atoms with Crippen LogP contribution in [0, 0.1) is 20.8 Å². The summed E-state index contributed by atoms with van der Waals surface area (Å²) in [6.07, 6.45) is -1.09. The maximum absolute atomic E-state index is 13.2. The van der Waals surface area contributed by atoms with E-state index in [0.29, 0.717) is 17.1 Å². The molecule has 3 saturated heterocycles. The number of aliphatic imine (C=N–C) groups is 1. The second-order valence-corrected chi connectivity index (χ2v) is 26.0. The van der Waals surface area contributed by atoms with Crippen molar-refractivity contribution in [3.8, 4) is 0 Å². The zero-order valence-electron chi connectivity index (χ0n) is 54.0. The van der Waals surface area contributed by atoms with Gasteiger partial charge in [0.25, 0.3) is 6.47 Å². The number of piperazine rings is 3. The number of para-hydroxylation sites is 6. The summed E-state index contributed by atoms with van der Waals surface area (Å²) in [5.41, 5.74) is 5.27. The van der Waals surface area contributed by atoms with Crippen molar-refractivity contribution < 1.29 is 127 Å². The number of carbonyl (C=O) groups is 6. The summed E-state index contributed by atoms with van der Waals surface area (Å²) in [6, 6.07) is 29.5. The molecule has 1 N–H and O–H groups in total. The molecular formula is C63H74Cl3CsN12O12S3. The first-order valence-corrected chi connectivity index (χ1v) is 33.2. The Balaban J connectivity index is 0.000000203. The van der Waals surface area contributed by atoms with Gasteiger partial charge in [-0.25, -0.2) is 39.2 Å². The number of aryl methyl sites for hydroxylation is 3. The first-order valence-electron chi connectivity index (χ1n) is 29.3. The predicted octanol–water partition coefficient (Wildman–Crippen LogP) is 5.30. The number of Topliss-reactive ketones (excluding diaryl/α,β-unsaturated/α-hetero) is 1. The first-order chi connectivity index (χ1) is 44.6. The molecule has 94 heavy (non-hydrogen) atoms. The number of fused-ring (bicyclic) bond motifs is 6. The molecule has 0 unspecified atom stereocenters. The smallest absolute Gasteiger partial charge is 0.662 e. The van der Waals surface area contributed by atoms with E-state index in [0.717, 1.165) is 143 Å². The van der Waals surface area contributed by atoms with E-state index in [9.17, 15) is 24.0 Å². The molecule has 0 radical (unpaired) electrons. The number of thiophene rings is 3. The van der Waals surface area contributed by atoms with Gasteiger partial charge >= 0.3 is 92.5 Å². The van der Waals surface area contributed by atoms with Crippen molar-refractivity contribution in [3.05, 3.63) is 131 Å². The van der Waals surface area contributed by atoms with Gasteiger partial charge in [0.2, 0.25) is 6.79 Å². The minimum atomic E-state index is -0.870. The van der Waals surface area contributed by atoms with E-state index in [1.165, 1.54) is 36.2 Å². The van der Waals surface area contributed by atoms with Crippen molar-refractivity contribution in [1.29, 1.82) is 0 Å². The molecule has 12 rings (SSSR count). The van der Waals surface area contributed by atoms with Crippen LogP contribution in [0.4, 0.5) is 53.5 Å². The molecule has 0 spiro atoms. The number of ketones is 1. The summed E-state index contributed by atoms with van der Waals surface area (Å²) in [5.74, 6) is 2.35. The molecule has 3 aromatic heterocycles. The van der Waals surface area contributed by atoms with E-state index in [1.54, 1.807) is 43.8 Å². The fourth-order valence-corrected chi connectivity index (χ4v) is 13.1. The van der Waals surface area contributed by atoms with E-state index in [2.05, 4.69) is 133 Å². The number of ether oxygens (including phenoxy) is 4. The molecule has 31 heteroatoms. The molecule has 9 heterocycles. The monoisotopic (exact) mass is 1520 g/mol. The van der Waals surface area contributed by atoms with Gasteiger partial charge in [-0.1, -0.05) is 59.6 Å². The van der Waals surface area contributed by atoms with Crippen molar-refractivity contribution in [2.24, 2.45) is 15.0 Å². The second-order valence-electron chi connectivity index (χ2n) is 21.5. The summed E-state index contributed by atoms with van der Waals surface area (Å²) in [6.45, 7) is 21.0. The summed E-state index contributed by atoms with van der Waals surface area (Å²) >= 11 is 20.3. The number of anilines is 4. The summed E-state index contributed by atoms with van der Waals surface area (Å²) < 4.78 is 21.1. The van der Waals surface area contributed by atoms with Gasteiger partial charge in [0, 0.05) is 112 Å². The molecular weight excluding hydrogens is 1450 g/mol. The van der Waals surface area contributed by atoms with Crippen LogP contribution in [0.2, 0.25) is 0 Å². The molecule has 3 fully saturated rings. The van der Waals surface area contributed by atoms with Crippen molar-refractivity contribution in [2.45, 2.75) is 41.5 Å². The van der Waals surface area contributed by atoms with Crippen LogP contribution in [0.1, 0.15) is 41.0 Å². The van der Waals surface area contributed by atoms with Crippen LogP contribution in [0.15, 0.2) is 106 Å². The number of alkyl halides is 2. The minimum Gasteiger partial charge on any atom is -0.662 e. The van der Waals surface area contributed by atoms with Crippen molar-refractivity contribution >= 4 is 161 Å². The number of esters is 1. The maximum Gasteiger partial charge on any atom is 1.00 e. The normalized spacial score (nSPS) is 15.3. The zero-order valence-corrected chi connectivity index (χ0v) is 65.0. The summed E-state index contributed by atoms with van der Waals surface area (Å²) in [5, 5.41) is 15.1. The number of hydrogen-bond acceptors (Lipinski definition) is 25. The van der Waals surface area contributed by atoms with Crippen LogP contribution in [-0.2, 0) is 38.2 Å². The number of rotatable bonds is 7. The van der Waals surface area contributed by atoms with Gasteiger partial charge in [-0.05, 0) is 110 Å². The molecule has 3 aromatic carbocycles. The van der Waals surface area contributed by atoms with Crippen LogP contribution in [0.3, 0.4) is 0 Å². The molecule has 0 saturated carbocycles. The molecule has 0 bridgehead atoms. The largest absolute Gasteiger partial charge is 1.00 e. The van der Waals surface area contributed by atoms with Crippen LogP contribution in [0.5, 0.6) is 0 Å². The molecule has 0 atom stereocenters. The Morgan fingerprint density at radius 1 is 0.564 bits per heavy atom. The van der Waals surface area contributed by atoms with Gasteiger partial charge in [0.1, 0.15) is 37.6 Å². The van der Waals surface area contributed by atoms with Crippen LogP contribution >= 0.6 is 68.8 Å². The first kappa shape index (κ1) is 77.4. The number of amides is 2. The van der Waals surface area contributed by atoms with E-state index in [4.69, 9.17) is 62.4 Å². The van der Waals surface area contributed by atoms with Gasteiger partial charge in [-0.3, -0.25) is 9.59 Å². The fraction of sp³-hybridized carbons (Fsp3) is 0.381. The topological polar surface area (TPSA) is 247 Å². The number of nitrogens with one attached hydrogen (secondary N) is 1. The molecule has 24 nitrogen and oxygen atoms in total. The van der Waals surface area contributed by atoms with Gasteiger partial charge in [0.15, 0.2) is 12.1 Å². The maximum atomic E-state index is 13.2. The number of hydrogen-bond donors (Lipinski definition) is 1. The molecule has 0 aliphatic carbocycles. The zero-order chi connectivity index (χ0) is 67.3. The molecule has 6 aromatic rings. The van der Waals surface area contributed by atoms with Gasteiger partial charge in [0.05, 0.1) is 50.1 Å². The van der Waals surface area contributed by atoms with Crippen molar-refractivity contribution in [1.82, 2.24) is 29.4 Å². The average molecular weight is 1530 g/mol.